The number of carbonyl (C=O) groups is 1. The Morgan fingerprint density at radius 2 is 2.11 bits per heavy atom. The smallest absolute Gasteiger partial charge is 0.242 e. The Balaban J connectivity index is 1.89. The zero-order chi connectivity index (χ0) is 13.7. The molecule has 0 aliphatic rings. The second-order valence-corrected chi connectivity index (χ2v) is 4.54. The summed E-state index contributed by atoms with van der Waals surface area (Å²) in [4.78, 5) is 11.4. The molecule has 4 N–H and O–H groups in total. The maximum absolute atomic E-state index is 11.4. The van der Waals surface area contributed by atoms with Crippen molar-refractivity contribution in [1.82, 2.24) is 10.2 Å². The molecule has 2 aromatic rings. The molecule has 2 rings (SSSR count). The van der Waals surface area contributed by atoms with Crippen molar-refractivity contribution >= 4 is 11.7 Å². The molecule has 19 heavy (non-hydrogen) atoms. The van der Waals surface area contributed by atoms with Crippen LogP contribution in [0.1, 0.15) is 18.2 Å². The molecule has 1 heterocycles. The van der Waals surface area contributed by atoms with Crippen LogP contribution in [0.3, 0.4) is 0 Å². The zero-order valence-electron chi connectivity index (χ0n) is 10.9. The number of anilines is 1. The predicted molar refractivity (Wildman–Crippen MR) is 74.7 cm³/mol. The molecule has 1 aromatic heterocycles. The highest BCUT2D eigenvalue weighted by Gasteiger charge is 2.09. The highest BCUT2D eigenvalue weighted by atomic mass is 16.2. The van der Waals surface area contributed by atoms with Gasteiger partial charge in [-0.3, -0.25) is 9.89 Å². The fourth-order valence-corrected chi connectivity index (χ4v) is 1.72. The Kier molecular flexibility index (Phi) is 4.30. The standard InChI is InChI=1S/C14H18N4O/c1-10(15)14(19)16-13-9-12(17-18-13)8-7-11-5-3-2-4-6-11/h2-6,9-10H,7-8,15H2,1H3,(H2,16,17,18,19)/t10-/m1/s1. The third-order valence-corrected chi connectivity index (χ3v) is 2.82. The minimum absolute atomic E-state index is 0.235. The molecule has 0 spiro atoms. The van der Waals surface area contributed by atoms with Gasteiger partial charge in [0.1, 0.15) is 0 Å². The van der Waals surface area contributed by atoms with E-state index in [-0.39, 0.29) is 5.91 Å². The zero-order valence-corrected chi connectivity index (χ0v) is 10.9. The molecule has 0 aliphatic heterocycles. The summed E-state index contributed by atoms with van der Waals surface area (Å²) < 4.78 is 0. The minimum Gasteiger partial charge on any atom is -0.320 e. The number of rotatable bonds is 5. The van der Waals surface area contributed by atoms with Gasteiger partial charge in [-0.25, -0.2) is 0 Å². The molecule has 0 radical (unpaired) electrons. The van der Waals surface area contributed by atoms with E-state index in [1.165, 1.54) is 5.56 Å². The van der Waals surface area contributed by atoms with Crippen molar-refractivity contribution in [2.24, 2.45) is 5.73 Å². The SMILES string of the molecule is C[C@@H](N)C(=O)Nc1cc(CCc2ccccc2)[nH]n1. The Hall–Kier alpha value is -2.14. The first-order valence-electron chi connectivity index (χ1n) is 6.30. The molecule has 1 atom stereocenters. The number of nitrogens with one attached hydrogen (secondary N) is 2. The summed E-state index contributed by atoms with van der Waals surface area (Å²) in [5.41, 5.74) is 7.74. The molecular formula is C14H18N4O. The van der Waals surface area contributed by atoms with Gasteiger partial charge in [0.2, 0.25) is 5.91 Å². The van der Waals surface area contributed by atoms with E-state index < -0.39 is 6.04 Å². The van der Waals surface area contributed by atoms with Gasteiger partial charge >= 0.3 is 0 Å². The molecule has 0 unspecified atom stereocenters. The summed E-state index contributed by atoms with van der Waals surface area (Å²) in [6.07, 6.45) is 1.79. The molecule has 1 amide bonds. The Labute approximate surface area is 112 Å². The lowest BCUT2D eigenvalue weighted by Crippen LogP contribution is -2.32. The lowest BCUT2D eigenvalue weighted by atomic mass is 10.1. The van der Waals surface area contributed by atoms with Crippen LogP contribution in [0.15, 0.2) is 36.4 Å². The second kappa shape index (κ2) is 6.15. The van der Waals surface area contributed by atoms with Crippen molar-refractivity contribution < 1.29 is 4.79 Å². The molecule has 0 aliphatic carbocycles. The van der Waals surface area contributed by atoms with Crippen LogP contribution in [0.25, 0.3) is 0 Å². The van der Waals surface area contributed by atoms with Gasteiger partial charge in [-0.2, -0.15) is 5.10 Å². The summed E-state index contributed by atoms with van der Waals surface area (Å²) in [5.74, 6) is 0.284. The average molecular weight is 258 g/mol. The molecule has 5 nitrogen and oxygen atoms in total. The number of carbonyl (C=O) groups excluding carboxylic acids is 1. The van der Waals surface area contributed by atoms with Crippen molar-refractivity contribution in [3.63, 3.8) is 0 Å². The highest BCUT2D eigenvalue weighted by Crippen LogP contribution is 2.09. The van der Waals surface area contributed by atoms with E-state index in [4.69, 9.17) is 5.73 Å². The fourth-order valence-electron chi connectivity index (χ4n) is 1.72. The van der Waals surface area contributed by atoms with Crippen LogP contribution in [-0.2, 0) is 17.6 Å². The molecule has 5 heteroatoms. The van der Waals surface area contributed by atoms with Gasteiger partial charge in [-0.1, -0.05) is 30.3 Å². The van der Waals surface area contributed by atoms with Crippen LogP contribution in [0, 0.1) is 0 Å². The van der Waals surface area contributed by atoms with E-state index in [0.29, 0.717) is 5.82 Å². The largest absolute Gasteiger partial charge is 0.320 e. The van der Waals surface area contributed by atoms with Crippen molar-refractivity contribution in [1.29, 1.82) is 0 Å². The number of nitrogens with zero attached hydrogens (tertiary/aromatic N) is 1. The number of aromatic amines is 1. The Morgan fingerprint density at radius 1 is 1.37 bits per heavy atom. The summed E-state index contributed by atoms with van der Waals surface area (Å²) >= 11 is 0. The number of hydrogen-bond acceptors (Lipinski definition) is 3. The molecular weight excluding hydrogens is 240 g/mol. The Morgan fingerprint density at radius 3 is 2.79 bits per heavy atom. The van der Waals surface area contributed by atoms with Gasteiger partial charge in [0.15, 0.2) is 5.82 Å². The number of hydrogen-bond donors (Lipinski definition) is 3. The van der Waals surface area contributed by atoms with Crippen LogP contribution in [-0.4, -0.2) is 22.1 Å². The summed E-state index contributed by atoms with van der Waals surface area (Å²) in [5, 5.41) is 9.61. The molecule has 100 valence electrons. The number of aromatic nitrogens is 2. The van der Waals surface area contributed by atoms with Gasteiger partial charge in [-0.05, 0) is 25.3 Å². The van der Waals surface area contributed by atoms with Crippen LogP contribution in [0.4, 0.5) is 5.82 Å². The Bertz CT molecular complexity index is 533. The maximum atomic E-state index is 11.4. The monoisotopic (exact) mass is 258 g/mol. The molecule has 0 saturated carbocycles. The third-order valence-electron chi connectivity index (χ3n) is 2.82. The molecule has 0 saturated heterocycles. The predicted octanol–water partition coefficient (Wildman–Crippen LogP) is 1.48. The average Bonchev–Trinajstić information content (AvgIpc) is 2.85. The van der Waals surface area contributed by atoms with Gasteiger partial charge in [0.25, 0.3) is 0 Å². The molecule has 0 fully saturated rings. The number of benzene rings is 1. The molecule has 0 bridgehead atoms. The lowest BCUT2D eigenvalue weighted by Gasteiger charge is -2.03. The van der Waals surface area contributed by atoms with Gasteiger partial charge in [-0.15, -0.1) is 0 Å². The normalized spacial score (nSPS) is 12.1. The van der Waals surface area contributed by atoms with Crippen LogP contribution in [0.2, 0.25) is 0 Å². The minimum atomic E-state index is -0.538. The van der Waals surface area contributed by atoms with Gasteiger partial charge < -0.3 is 11.1 Å². The van der Waals surface area contributed by atoms with Gasteiger partial charge in [0.05, 0.1) is 6.04 Å². The third kappa shape index (κ3) is 3.93. The number of aryl methyl sites for hydroxylation is 2. The van der Waals surface area contributed by atoms with Gasteiger partial charge in [0, 0.05) is 11.8 Å². The number of amides is 1. The van der Waals surface area contributed by atoms with Crippen molar-refractivity contribution in [3.8, 4) is 0 Å². The van der Waals surface area contributed by atoms with Crippen LogP contribution >= 0.6 is 0 Å². The van der Waals surface area contributed by atoms with Crippen LogP contribution < -0.4 is 11.1 Å². The van der Waals surface area contributed by atoms with E-state index in [1.807, 2.05) is 24.3 Å². The topological polar surface area (TPSA) is 83.8 Å². The van der Waals surface area contributed by atoms with E-state index in [0.717, 1.165) is 18.5 Å². The summed E-state index contributed by atoms with van der Waals surface area (Å²) in [7, 11) is 0. The maximum Gasteiger partial charge on any atom is 0.242 e. The summed E-state index contributed by atoms with van der Waals surface area (Å²) in [6, 6.07) is 11.5. The lowest BCUT2D eigenvalue weighted by molar-refractivity contribution is -0.117. The van der Waals surface area contributed by atoms with Crippen molar-refractivity contribution in [3.05, 3.63) is 47.7 Å². The van der Waals surface area contributed by atoms with E-state index >= 15 is 0 Å². The first kappa shape index (κ1) is 13.3. The number of H-pyrrole nitrogens is 1. The van der Waals surface area contributed by atoms with E-state index in [2.05, 4.69) is 27.6 Å². The quantitative estimate of drug-likeness (QED) is 0.759. The van der Waals surface area contributed by atoms with Crippen molar-refractivity contribution in [2.45, 2.75) is 25.8 Å². The van der Waals surface area contributed by atoms with E-state index in [1.54, 1.807) is 6.92 Å². The second-order valence-electron chi connectivity index (χ2n) is 4.54. The first-order chi connectivity index (χ1) is 9.15. The molecule has 1 aromatic carbocycles. The van der Waals surface area contributed by atoms with E-state index in [9.17, 15) is 4.79 Å². The first-order valence-corrected chi connectivity index (χ1v) is 6.30. The number of nitrogens with two attached hydrogens (primary N) is 1. The highest BCUT2D eigenvalue weighted by molar-refractivity contribution is 5.93. The fraction of sp³-hybridized carbons (Fsp3) is 0.286. The van der Waals surface area contributed by atoms with Crippen molar-refractivity contribution in [2.75, 3.05) is 5.32 Å². The van der Waals surface area contributed by atoms with Crippen LogP contribution in [0.5, 0.6) is 0 Å². The summed E-state index contributed by atoms with van der Waals surface area (Å²) in [6.45, 7) is 1.64.